The minimum Gasteiger partial charge on any atom is -0.508 e. The van der Waals surface area contributed by atoms with Gasteiger partial charge in [-0.25, -0.2) is 0 Å². The number of allylic oxidation sites excluding steroid dienone is 2. The van der Waals surface area contributed by atoms with Gasteiger partial charge in [0.2, 0.25) is 0 Å². The highest BCUT2D eigenvalue weighted by molar-refractivity contribution is 5.35. The first-order chi connectivity index (χ1) is 6.63. The molecule has 0 aliphatic rings. The van der Waals surface area contributed by atoms with Crippen LogP contribution in [0.25, 0.3) is 0 Å². The molecule has 1 heteroatoms. The highest BCUT2D eigenvalue weighted by atomic mass is 16.3. The molecule has 1 aromatic carbocycles. The Morgan fingerprint density at radius 2 is 2.14 bits per heavy atom. The number of phenols is 1. The van der Waals surface area contributed by atoms with Gasteiger partial charge in [-0.15, -0.1) is 0 Å². The smallest absolute Gasteiger partial charge is 0.118 e. The van der Waals surface area contributed by atoms with Crippen molar-refractivity contribution < 1.29 is 5.11 Å². The number of phenolic OH excluding ortho intramolecular Hbond substituents is 1. The van der Waals surface area contributed by atoms with Crippen molar-refractivity contribution in [1.29, 1.82) is 0 Å². The van der Waals surface area contributed by atoms with Crippen LogP contribution in [-0.4, -0.2) is 5.11 Å². The molecule has 0 spiro atoms. The first-order valence-corrected chi connectivity index (χ1v) is 5.03. The maximum Gasteiger partial charge on any atom is 0.118 e. The Hall–Kier alpha value is -1.24. The number of hydrogen-bond acceptors (Lipinski definition) is 1. The first kappa shape index (κ1) is 10.8. The number of aromatic hydroxyl groups is 1. The Bertz CT molecular complexity index is 337. The van der Waals surface area contributed by atoms with Gasteiger partial charge in [0.1, 0.15) is 5.75 Å². The maximum absolute atomic E-state index is 9.36. The second-order valence-corrected chi connectivity index (χ2v) is 3.76. The molecular formula is C13H18O. The van der Waals surface area contributed by atoms with E-state index in [9.17, 15) is 5.11 Å². The second kappa shape index (κ2) is 4.85. The van der Waals surface area contributed by atoms with Crippen LogP contribution >= 0.6 is 0 Å². The van der Waals surface area contributed by atoms with E-state index in [1.165, 1.54) is 11.1 Å². The van der Waals surface area contributed by atoms with E-state index in [2.05, 4.69) is 26.0 Å². The lowest BCUT2D eigenvalue weighted by atomic mass is 10.0. The summed E-state index contributed by atoms with van der Waals surface area (Å²) in [5.41, 5.74) is 3.66. The van der Waals surface area contributed by atoms with Gasteiger partial charge in [-0.2, -0.15) is 0 Å². The summed E-state index contributed by atoms with van der Waals surface area (Å²) in [4.78, 5) is 0. The van der Waals surface area contributed by atoms with Crippen molar-refractivity contribution in [3.63, 3.8) is 0 Å². The molecule has 0 unspecified atom stereocenters. The molecule has 0 radical (unpaired) electrons. The Morgan fingerprint density at radius 1 is 1.43 bits per heavy atom. The summed E-state index contributed by atoms with van der Waals surface area (Å²) < 4.78 is 0. The molecule has 14 heavy (non-hydrogen) atoms. The molecule has 0 aliphatic carbocycles. The fourth-order valence-corrected chi connectivity index (χ4v) is 1.36. The van der Waals surface area contributed by atoms with Gasteiger partial charge in [-0.1, -0.05) is 23.8 Å². The lowest BCUT2D eigenvalue weighted by molar-refractivity contribution is 0.471. The van der Waals surface area contributed by atoms with Crippen LogP contribution in [0.1, 0.15) is 31.4 Å². The van der Waals surface area contributed by atoms with Gasteiger partial charge < -0.3 is 5.11 Å². The van der Waals surface area contributed by atoms with Crippen molar-refractivity contribution in [1.82, 2.24) is 0 Å². The van der Waals surface area contributed by atoms with Crippen LogP contribution in [0.4, 0.5) is 0 Å². The van der Waals surface area contributed by atoms with Crippen LogP contribution in [0.5, 0.6) is 5.75 Å². The van der Waals surface area contributed by atoms with Gasteiger partial charge in [0, 0.05) is 0 Å². The molecule has 0 fully saturated rings. The van der Waals surface area contributed by atoms with E-state index in [1.54, 1.807) is 6.07 Å². The minimum atomic E-state index is 0.386. The number of rotatable bonds is 3. The third kappa shape index (κ3) is 2.91. The van der Waals surface area contributed by atoms with Crippen LogP contribution < -0.4 is 0 Å². The molecule has 1 N–H and O–H groups in total. The molecule has 76 valence electrons. The van der Waals surface area contributed by atoms with Gasteiger partial charge >= 0.3 is 0 Å². The largest absolute Gasteiger partial charge is 0.508 e. The van der Waals surface area contributed by atoms with E-state index in [0.29, 0.717) is 5.75 Å². The summed E-state index contributed by atoms with van der Waals surface area (Å²) >= 11 is 0. The second-order valence-electron chi connectivity index (χ2n) is 3.76. The molecule has 0 amide bonds. The summed E-state index contributed by atoms with van der Waals surface area (Å²) in [5, 5.41) is 9.36. The number of aryl methyl sites for hydroxylation is 2. The Morgan fingerprint density at radius 3 is 2.71 bits per heavy atom. The fourth-order valence-electron chi connectivity index (χ4n) is 1.36. The molecule has 1 nitrogen and oxygen atoms in total. The van der Waals surface area contributed by atoms with Crippen molar-refractivity contribution in [2.24, 2.45) is 0 Å². The van der Waals surface area contributed by atoms with Gasteiger partial charge in [-0.3, -0.25) is 0 Å². The van der Waals surface area contributed by atoms with Crippen LogP contribution in [0.3, 0.4) is 0 Å². The molecular weight excluding hydrogens is 172 g/mol. The monoisotopic (exact) mass is 190 g/mol. The van der Waals surface area contributed by atoms with Crippen LogP contribution in [0, 0.1) is 6.92 Å². The summed E-state index contributed by atoms with van der Waals surface area (Å²) in [5.74, 6) is 0.386. The predicted molar refractivity (Wildman–Crippen MR) is 60.6 cm³/mol. The molecule has 0 saturated heterocycles. The van der Waals surface area contributed by atoms with E-state index in [1.807, 2.05) is 13.0 Å². The third-order valence-corrected chi connectivity index (χ3v) is 2.56. The molecule has 1 rings (SSSR count). The zero-order valence-electron chi connectivity index (χ0n) is 9.17. The van der Waals surface area contributed by atoms with E-state index >= 15 is 0 Å². The molecule has 0 heterocycles. The minimum absolute atomic E-state index is 0.386. The quantitative estimate of drug-likeness (QED) is 0.722. The van der Waals surface area contributed by atoms with Crippen LogP contribution in [0.15, 0.2) is 29.8 Å². The summed E-state index contributed by atoms with van der Waals surface area (Å²) in [6.07, 6.45) is 4.30. The average Bonchev–Trinajstić information content (AvgIpc) is 2.19. The van der Waals surface area contributed by atoms with E-state index in [4.69, 9.17) is 0 Å². The summed E-state index contributed by atoms with van der Waals surface area (Å²) in [6.45, 7) is 6.14. The van der Waals surface area contributed by atoms with Crippen molar-refractivity contribution in [3.05, 3.63) is 41.0 Å². The molecule has 1 aromatic rings. The Kier molecular flexibility index (Phi) is 3.75. The topological polar surface area (TPSA) is 20.2 Å². The van der Waals surface area contributed by atoms with Crippen LogP contribution in [-0.2, 0) is 6.42 Å². The molecule has 0 bridgehead atoms. The van der Waals surface area contributed by atoms with Gasteiger partial charge in [0.05, 0.1) is 0 Å². The van der Waals surface area contributed by atoms with Gasteiger partial charge in [0.25, 0.3) is 0 Å². The molecule has 0 atom stereocenters. The van der Waals surface area contributed by atoms with Gasteiger partial charge in [0.15, 0.2) is 0 Å². The van der Waals surface area contributed by atoms with E-state index in [0.717, 1.165) is 18.4 Å². The highest BCUT2D eigenvalue weighted by Gasteiger charge is 1.98. The van der Waals surface area contributed by atoms with Crippen LogP contribution in [0.2, 0.25) is 0 Å². The average molecular weight is 190 g/mol. The van der Waals surface area contributed by atoms with Gasteiger partial charge in [-0.05, 0) is 50.8 Å². The SMILES string of the molecule is C/C=C(\C)CCc1ccc(O)c(C)c1. The Labute approximate surface area is 86.1 Å². The summed E-state index contributed by atoms with van der Waals surface area (Å²) in [7, 11) is 0. The molecule has 0 aromatic heterocycles. The number of benzene rings is 1. The Balaban J connectivity index is 2.64. The predicted octanol–water partition coefficient (Wildman–Crippen LogP) is 3.60. The van der Waals surface area contributed by atoms with E-state index < -0.39 is 0 Å². The lowest BCUT2D eigenvalue weighted by Gasteiger charge is -2.04. The van der Waals surface area contributed by atoms with Crippen molar-refractivity contribution in [2.45, 2.75) is 33.6 Å². The van der Waals surface area contributed by atoms with Crippen molar-refractivity contribution in [2.75, 3.05) is 0 Å². The number of hydrogen-bond donors (Lipinski definition) is 1. The standard InChI is InChI=1S/C13H18O/c1-4-10(2)5-6-12-7-8-13(14)11(3)9-12/h4,7-9,14H,5-6H2,1-3H3/b10-4+. The lowest BCUT2D eigenvalue weighted by Crippen LogP contribution is -1.87. The maximum atomic E-state index is 9.36. The van der Waals surface area contributed by atoms with Crippen molar-refractivity contribution >= 4 is 0 Å². The zero-order valence-corrected chi connectivity index (χ0v) is 9.17. The zero-order chi connectivity index (χ0) is 10.6. The van der Waals surface area contributed by atoms with E-state index in [-0.39, 0.29) is 0 Å². The highest BCUT2D eigenvalue weighted by Crippen LogP contribution is 2.18. The normalized spacial score (nSPS) is 11.8. The molecule has 0 aliphatic heterocycles. The van der Waals surface area contributed by atoms with Crippen molar-refractivity contribution in [3.8, 4) is 5.75 Å². The molecule has 0 saturated carbocycles. The summed E-state index contributed by atoms with van der Waals surface area (Å²) in [6, 6.07) is 5.82. The first-order valence-electron chi connectivity index (χ1n) is 5.03. The third-order valence-electron chi connectivity index (χ3n) is 2.56. The fraction of sp³-hybridized carbons (Fsp3) is 0.385.